The molecule has 0 fully saturated rings. The molecule has 2 aromatic rings. The first-order chi connectivity index (χ1) is 11.7. The maximum absolute atomic E-state index is 11.6. The first-order valence-corrected chi connectivity index (χ1v) is 8.04. The quantitative estimate of drug-likeness (QED) is 0.780. The smallest absolute Gasteiger partial charge is 0.407 e. The molecule has 0 saturated heterocycles. The van der Waals surface area contributed by atoms with Crippen molar-refractivity contribution in [1.29, 1.82) is 0 Å². The van der Waals surface area contributed by atoms with Gasteiger partial charge in [-0.15, -0.1) is 0 Å². The van der Waals surface area contributed by atoms with E-state index in [1.165, 1.54) is 5.69 Å². The Hall–Kier alpha value is -2.75. The van der Waals surface area contributed by atoms with Gasteiger partial charge in [-0.2, -0.15) is 0 Å². The molecule has 24 heavy (non-hydrogen) atoms. The summed E-state index contributed by atoms with van der Waals surface area (Å²) in [6, 6.07) is 17.8. The minimum atomic E-state index is -0.388. The first kappa shape index (κ1) is 17.6. The van der Waals surface area contributed by atoms with E-state index in [-0.39, 0.29) is 6.09 Å². The van der Waals surface area contributed by atoms with E-state index in [0.717, 1.165) is 17.5 Å². The number of nitrogens with one attached hydrogen (secondary N) is 1. The minimum absolute atomic E-state index is 0.290. The second-order valence-electron chi connectivity index (χ2n) is 5.63. The zero-order chi connectivity index (χ0) is 17.2. The molecule has 0 aromatic heterocycles. The van der Waals surface area contributed by atoms with Crippen molar-refractivity contribution < 1.29 is 9.53 Å². The number of alkyl carbamates (subject to hydrolysis) is 1. The Bertz CT molecular complexity index is 666. The summed E-state index contributed by atoms with van der Waals surface area (Å²) in [5, 5.41) is 2.75. The van der Waals surface area contributed by atoms with Gasteiger partial charge in [-0.1, -0.05) is 60.7 Å². The molecule has 0 heterocycles. The lowest BCUT2D eigenvalue weighted by Gasteiger charge is -2.15. The molecule has 0 spiro atoms. The highest BCUT2D eigenvalue weighted by atomic mass is 16.5. The molecule has 0 unspecified atom stereocenters. The number of benzene rings is 2. The summed E-state index contributed by atoms with van der Waals surface area (Å²) in [6.45, 7) is 0.840. The predicted molar refractivity (Wildman–Crippen MR) is 99.0 cm³/mol. The maximum Gasteiger partial charge on any atom is 0.407 e. The number of nitrogens with zero attached hydrogens (tertiary/aromatic N) is 1. The van der Waals surface area contributed by atoms with Gasteiger partial charge >= 0.3 is 6.09 Å². The van der Waals surface area contributed by atoms with Gasteiger partial charge in [0.15, 0.2) is 0 Å². The Kier molecular flexibility index (Phi) is 6.90. The number of amides is 1. The molecule has 4 nitrogen and oxygen atoms in total. The van der Waals surface area contributed by atoms with E-state index in [9.17, 15) is 4.79 Å². The molecular weight excluding hydrogens is 300 g/mol. The molecule has 0 bridgehead atoms. The van der Waals surface area contributed by atoms with Crippen LogP contribution < -0.4 is 10.2 Å². The summed E-state index contributed by atoms with van der Waals surface area (Å²) in [5.74, 6) is 0. The minimum Gasteiger partial charge on any atom is -0.445 e. The normalized spacial score (nSPS) is 10.6. The van der Waals surface area contributed by atoms with Gasteiger partial charge < -0.3 is 15.0 Å². The van der Waals surface area contributed by atoms with Crippen molar-refractivity contribution >= 4 is 17.9 Å². The summed E-state index contributed by atoms with van der Waals surface area (Å²) in [5.41, 5.74) is 3.31. The lowest BCUT2D eigenvalue weighted by atomic mass is 10.1. The monoisotopic (exact) mass is 324 g/mol. The molecule has 0 radical (unpaired) electrons. The highest BCUT2D eigenvalue weighted by Crippen LogP contribution is 2.19. The summed E-state index contributed by atoms with van der Waals surface area (Å²) in [4.78, 5) is 13.7. The van der Waals surface area contributed by atoms with E-state index < -0.39 is 0 Å². The highest BCUT2D eigenvalue weighted by molar-refractivity contribution is 5.68. The molecule has 2 aromatic carbocycles. The van der Waals surface area contributed by atoms with Crippen LogP contribution in [-0.4, -0.2) is 26.7 Å². The third kappa shape index (κ3) is 5.80. The Labute approximate surface area is 143 Å². The molecular formula is C20H24N2O2. The second-order valence-corrected chi connectivity index (χ2v) is 5.63. The van der Waals surface area contributed by atoms with Crippen molar-refractivity contribution in [3.63, 3.8) is 0 Å². The average Bonchev–Trinajstić information content (AvgIpc) is 2.61. The van der Waals surface area contributed by atoms with Crippen LogP contribution in [0.5, 0.6) is 0 Å². The van der Waals surface area contributed by atoms with E-state index in [1.807, 2.05) is 56.6 Å². The SMILES string of the molecule is CN(C)c1ccccc1C=CCCNC(=O)OCc1ccccc1. The van der Waals surface area contributed by atoms with E-state index in [0.29, 0.717) is 13.2 Å². The predicted octanol–water partition coefficient (Wildman–Crippen LogP) is 4.08. The molecule has 1 N–H and O–H groups in total. The standard InChI is InChI=1S/C20H24N2O2/c1-22(2)19-14-7-6-12-18(19)13-8-9-15-21-20(23)24-16-17-10-4-3-5-11-17/h3-8,10-14H,9,15-16H2,1-2H3,(H,21,23). The summed E-state index contributed by atoms with van der Waals surface area (Å²) < 4.78 is 5.16. The Morgan fingerprint density at radius 2 is 1.79 bits per heavy atom. The number of ether oxygens (including phenoxy) is 1. The van der Waals surface area contributed by atoms with Crippen LogP contribution >= 0.6 is 0 Å². The molecule has 2 rings (SSSR count). The molecule has 0 atom stereocenters. The van der Waals surface area contributed by atoms with Gasteiger partial charge in [0.05, 0.1) is 0 Å². The van der Waals surface area contributed by atoms with E-state index in [2.05, 4.69) is 34.5 Å². The van der Waals surface area contributed by atoms with Crippen molar-refractivity contribution in [2.24, 2.45) is 0 Å². The van der Waals surface area contributed by atoms with E-state index in [1.54, 1.807) is 0 Å². The highest BCUT2D eigenvalue weighted by Gasteiger charge is 2.01. The number of para-hydroxylation sites is 1. The van der Waals surface area contributed by atoms with Crippen LogP contribution in [0, 0.1) is 0 Å². The van der Waals surface area contributed by atoms with Crippen molar-refractivity contribution in [3.8, 4) is 0 Å². The zero-order valence-electron chi connectivity index (χ0n) is 14.2. The number of carbonyl (C=O) groups is 1. The largest absolute Gasteiger partial charge is 0.445 e. The van der Waals surface area contributed by atoms with E-state index in [4.69, 9.17) is 4.74 Å². The first-order valence-electron chi connectivity index (χ1n) is 8.04. The van der Waals surface area contributed by atoms with Crippen molar-refractivity contribution in [2.45, 2.75) is 13.0 Å². The number of hydrogen-bond donors (Lipinski definition) is 1. The maximum atomic E-state index is 11.6. The molecule has 1 amide bonds. The van der Waals surface area contributed by atoms with Gasteiger partial charge in [0, 0.05) is 26.3 Å². The molecule has 0 aliphatic heterocycles. The van der Waals surface area contributed by atoms with Gasteiger partial charge in [-0.25, -0.2) is 4.79 Å². The lowest BCUT2D eigenvalue weighted by molar-refractivity contribution is 0.140. The fourth-order valence-corrected chi connectivity index (χ4v) is 2.28. The van der Waals surface area contributed by atoms with Gasteiger partial charge in [0.25, 0.3) is 0 Å². The van der Waals surface area contributed by atoms with Crippen LogP contribution in [0.15, 0.2) is 60.7 Å². The topological polar surface area (TPSA) is 41.6 Å². The number of carbonyl (C=O) groups excluding carboxylic acids is 1. The molecule has 0 saturated carbocycles. The van der Waals surface area contributed by atoms with Crippen molar-refractivity contribution in [1.82, 2.24) is 5.32 Å². The van der Waals surface area contributed by atoms with Crippen LogP contribution in [0.3, 0.4) is 0 Å². The molecule has 126 valence electrons. The van der Waals surface area contributed by atoms with Crippen molar-refractivity contribution in [3.05, 3.63) is 71.8 Å². The third-order valence-corrected chi connectivity index (χ3v) is 3.51. The molecule has 4 heteroatoms. The molecule has 0 aliphatic carbocycles. The van der Waals surface area contributed by atoms with Gasteiger partial charge in [-0.05, 0) is 23.6 Å². The van der Waals surface area contributed by atoms with Gasteiger partial charge in [0.1, 0.15) is 6.61 Å². The fourth-order valence-electron chi connectivity index (χ4n) is 2.28. The number of hydrogen-bond acceptors (Lipinski definition) is 3. The zero-order valence-corrected chi connectivity index (χ0v) is 14.2. The van der Waals surface area contributed by atoms with Crippen LogP contribution in [0.1, 0.15) is 17.5 Å². The average molecular weight is 324 g/mol. The van der Waals surface area contributed by atoms with Gasteiger partial charge in [-0.3, -0.25) is 0 Å². The van der Waals surface area contributed by atoms with Crippen LogP contribution in [0.25, 0.3) is 6.08 Å². The summed E-state index contributed by atoms with van der Waals surface area (Å²) >= 11 is 0. The van der Waals surface area contributed by atoms with Crippen LogP contribution in [0.2, 0.25) is 0 Å². The Morgan fingerprint density at radius 1 is 1.08 bits per heavy atom. The van der Waals surface area contributed by atoms with Gasteiger partial charge in [0.2, 0.25) is 0 Å². The third-order valence-electron chi connectivity index (χ3n) is 3.51. The van der Waals surface area contributed by atoms with Crippen LogP contribution in [-0.2, 0) is 11.3 Å². The lowest BCUT2D eigenvalue weighted by Crippen LogP contribution is -2.24. The summed E-state index contributed by atoms with van der Waals surface area (Å²) in [7, 11) is 4.05. The van der Waals surface area contributed by atoms with E-state index >= 15 is 0 Å². The number of anilines is 1. The Balaban J connectivity index is 1.70. The van der Waals surface area contributed by atoms with Crippen molar-refractivity contribution in [2.75, 3.05) is 25.5 Å². The summed E-state index contributed by atoms with van der Waals surface area (Å²) in [6.07, 6.45) is 4.50. The second kappa shape index (κ2) is 9.40. The fraction of sp³-hybridized carbons (Fsp3) is 0.250. The molecule has 0 aliphatic rings. The number of rotatable bonds is 7. The van der Waals surface area contributed by atoms with Crippen LogP contribution in [0.4, 0.5) is 10.5 Å². The Morgan fingerprint density at radius 3 is 2.54 bits per heavy atom.